The Balaban J connectivity index is 2.84. The van der Waals surface area contributed by atoms with Crippen LogP contribution in [-0.2, 0) is 0 Å². The fourth-order valence-electron chi connectivity index (χ4n) is 0.692. The van der Waals surface area contributed by atoms with Crippen LogP contribution in [0.1, 0.15) is 0 Å². The zero-order valence-electron chi connectivity index (χ0n) is 6.02. The van der Waals surface area contributed by atoms with Gasteiger partial charge in [-0.2, -0.15) is 0 Å². The standard InChI is InChI=1S/C5H10N4O2/c1-7-5-3-2-4(6)8(10)9(5)11/h2-3,7,10-11H,6H2,1H3. The molecule has 0 saturated heterocycles. The summed E-state index contributed by atoms with van der Waals surface area (Å²) in [7, 11) is 1.61. The van der Waals surface area contributed by atoms with Gasteiger partial charge in [-0.15, -0.1) is 10.3 Å². The lowest BCUT2D eigenvalue weighted by Crippen LogP contribution is -2.44. The highest BCUT2D eigenvalue weighted by Crippen LogP contribution is 2.09. The summed E-state index contributed by atoms with van der Waals surface area (Å²) in [6.45, 7) is 0. The maximum absolute atomic E-state index is 9.07. The van der Waals surface area contributed by atoms with Crippen LogP contribution in [0.15, 0.2) is 23.8 Å². The number of allylic oxidation sites excluding steroid dienone is 2. The van der Waals surface area contributed by atoms with Crippen molar-refractivity contribution in [1.82, 2.24) is 15.7 Å². The average Bonchev–Trinajstić information content (AvgIpc) is 2.01. The van der Waals surface area contributed by atoms with Crippen LogP contribution in [0.2, 0.25) is 0 Å². The molecule has 6 heteroatoms. The molecular formula is C5H10N4O2. The number of hydroxylamine groups is 2. The summed E-state index contributed by atoms with van der Waals surface area (Å²) >= 11 is 0. The van der Waals surface area contributed by atoms with Crippen LogP contribution in [0.4, 0.5) is 0 Å². The predicted molar refractivity (Wildman–Crippen MR) is 36.7 cm³/mol. The van der Waals surface area contributed by atoms with E-state index in [4.69, 9.17) is 16.1 Å². The lowest BCUT2D eigenvalue weighted by atomic mass is 10.4. The summed E-state index contributed by atoms with van der Waals surface area (Å²) in [5.74, 6) is 0.383. The van der Waals surface area contributed by atoms with Crippen molar-refractivity contribution in [2.75, 3.05) is 7.05 Å². The monoisotopic (exact) mass is 158 g/mol. The lowest BCUT2D eigenvalue weighted by Gasteiger charge is -2.30. The minimum absolute atomic E-state index is 0.0477. The van der Waals surface area contributed by atoms with E-state index in [-0.39, 0.29) is 5.82 Å². The Morgan fingerprint density at radius 1 is 1.36 bits per heavy atom. The van der Waals surface area contributed by atoms with Crippen LogP contribution < -0.4 is 11.1 Å². The zero-order valence-corrected chi connectivity index (χ0v) is 6.02. The Kier molecular flexibility index (Phi) is 1.88. The SMILES string of the molecule is CNC1=CC=C(N)N(O)N1O. The van der Waals surface area contributed by atoms with Crippen LogP contribution in [0, 0.1) is 0 Å². The summed E-state index contributed by atoms with van der Waals surface area (Å²) in [4.78, 5) is 0. The molecule has 1 heterocycles. The molecule has 5 N–H and O–H groups in total. The number of nitrogens with zero attached hydrogens (tertiary/aromatic N) is 2. The summed E-state index contributed by atoms with van der Waals surface area (Å²) in [5.41, 5.74) is 5.25. The third-order valence-electron chi connectivity index (χ3n) is 1.29. The first-order valence-electron chi connectivity index (χ1n) is 3.00. The summed E-state index contributed by atoms with van der Waals surface area (Å²) in [6, 6.07) is 0. The molecule has 0 fully saturated rings. The van der Waals surface area contributed by atoms with Gasteiger partial charge in [-0.05, 0) is 12.2 Å². The highest BCUT2D eigenvalue weighted by Gasteiger charge is 2.17. The molecule has 0 aliphatic carbocycles. The topological polar surface area (TPSA) is 85.0 Å². The van der Waals surface area contributed by atoms with E-state index in [1.165, 1.54) is 12.2 Å². The van der Waals surface area contributed by atoms with Gasteiger partial charge in [-0.1, -0.05) is 0 Å². The van der Waals surface area contributed by atoms with Crippen molar-refractivity contribution in [2.24, 2.45) is 5.73 Å². The molecule has 62 valence electrons. The molecule has 0 aromatic carbocycles. The minimum atomic E-state index is 0.0477. The van der Waals surface area contributed by atoms with Crippen molar-refractivity contribution in [1.29, 1.82) is 0 Å². The van der Waals surface area contributed by atoms with E-state index in [1.54, 1.807) is 7.05 Å². The quantitative estimate of drug-likeness (QED) is 0.398. The molecule has 0 radical (unpaired) electrons. The molecule has 0 saturated carbocycles. The molecule has 0 amide bonds. The van der Waals surface area contributed by atoms with Crippen molar-refractivity contribution in [3.63, 3.8) is 0 Å². The maximum Gasteiger partial charge on any atom is 0.153 e. The Labute approximate surface area is 63.7 Å². The van der Waals surface area contributed by atoms with Gasteiger partial charge in [0, 0.05) is 7.05 Å². The fraction of sp³-hybridized carbons (Fsp3) is 0.200. The van der Waals surface area contributed by atoms with E-state index in [1.807, 2.05) is 0 Å². The number of hydrogen-bond acceptors (Lipinski definition) is 6. The molecule has 1 aliphatic heterocycles. The normalized spacial score (nSPS) is 17.7. The van der Waals surface area contributed by atoms with Gasteiger partial charge in [0.25, 0.3) is 0 Å². The first-order chi connectivity index (χ1) is 5.16. The van der Waals surface area contributed by atoms with Gasteiger partial charge in [-0.25, -0.2) is 0 Å². The Hall–Kier alpha value is -1.40. The summed E-state index contributed by atoms with van der Waals surface area (Å²) in [5, 5.41) is 21.6. The smallest absolute Gasteiger partial charge is 0.153 e. The van der Waals surface area contributed by atoms with E-state index in [0.717, 1.165) is 0 Å². The average molecular weight is 158 g/mol. The molecule has 0 unspecified atom stereocenters. The van der Waals surface area contributed by atoms with Gasteiger partial charge in [0.15, 0.2) is 11.6 Å². The van der Waals surface area contributed by atoms with Crippen LogP contribution in [0.3, 0.4) is 0 Å². The molecule has 6 nitrogen and oxygen atoms in total. The Morgan fingerprint density at radius 3 is 2.55 bits per heavy atom. The second-order valence-corrected chi connectivity index (χ2v) is 1.97. The number of nitrogens with two attached hydrogens (primary N) is 1. The van der Waals surface area contributed by atoms with Gasteiger partial charge in [-0.3, -0.25) is 10.4 Å². The molecule has 0 bridgehead atoms. The molecule has 1 aliphatic rings. The molecule has 0 spiro atoms. The van der Waals surface area contributed by atoms with E-state index < -0.39 is 0 Å². The van der Waals surface area contributed by atoms with E-state index in [9.17, 15) is 0 Å². The van der Waals surface area contributed by atoms with Crippen molar-refractivity contribution in [3.05, 3.63) is 23.8 Å². The second kappa shape index (κ2) is 2.69. The van der Waals surface area contributed by atoms with Crippen molar-refractivity contribution in [2.45, 2.75) is 0 Å². The Morgan fingerprint density at radius 2 is 2.00 bits per heavy atom. The molecular weight excluding hydrogens is 148 g/mol. The molecule has 0 aromatic heterocycles. The van der Waals surface area contributed by atoms with Crippen LogP contribution >= 0.6 is 0 Å². The highest BCUT2D eigenvalue weighted by atomic mass is 16.7. The number of hydrogen-bond donors (Lipinski definition) is 4. The summed E-state index contributed by atoms with van der Waals surface area (Å²) in [6.07, 6.45) is 2.99. The lowest BCUT2D eigenvalue weighted by molar-refractivity contribution is -0.332. The first-order valence-corrected chi connectivity index (χ1v) is 3.00. The zero-order chi connectivity index (χ0) is 8.43. The summed E-state index contributed by atoms with van der Waals surface area (Å²) < 4.78 is 0. The maximum atomic E-state index is 9.07. The molecule has 0 atom stereocenters. The number of hydrazine groups is 1. The van der Waals surface area contributed by atoms with Crippen LogP contribution in [0.5, 0.6) is 0 Å². The van der Waals surface area contributed by atoms with Gasteiger partial charge in [0.2, 0.25) is 0 Å². The minimum Gasteiger partial charge on any atom is -0.382 e. The van der Waals surface area contributed by atoms with Gasteiger partial charge in [0.1, 0.15) is 0 Å². The third-order valence-corrected chi connectivity index (χ3v) is 1.29. The molecule has 1 rings (SSSR count). The Bertz CT molecular complexity index is 213. The van der Waals surface area contributed by atoms with E-state index in [2.05, 4.69) is 5.32 Å². The number of rotatable bonds is 1. The van der Waals surface area contributed by atoms with Crippen molar-refractivity contribution < 1.29 is 10.4 Å². The first kappa shape index (κ1) is 7.70. The highest BCUT2D eigenvalue weighted by molar-refractivity contribution is 5.15. The largest absolute Gasteiger partial charge is 0.382 e. The third kappa shape index (κ3) is 1.21. The van der Waals surface area contributed by atoms with Gasteiger partial charge < -0.3 is 11.1 Å². The second-order valence-electron chi connectivity index (χ2n) is 1.97. The fourth-order valence-corrected chi connectivity index (χ4v) is 0.692. The van der Waals surface area contributed by atoms with E-state index in [0.29, 0.717) is 16.2 Å². The van der Waals surface area contributed by atoms with Crippen LogP contribution in [-0.4, -0.2) is 27.8 Å². The van der Waals surface area contributed by atoms with Crippen molar-refractivity contribution in [3.8, 4) is 0 Å². The van der Waals surface area contributed by atoms with Crippen LogP contribution in [0.25, 0.3) is 0 Å². The molecule has 0 aromatic rings. The predicted octanol–water partition coefficient (Wildman–Crippen LogP) is -0.842. The number of nitrogens with one attached hydrogen (secondary N) is 1. The molecule has 11 heavy (non-hydrogen) atoms. The van der Waals surface area contributed by atoms with Crippen molar-refractivity contribution >= 4 is 0 Å². The van der Waals surface area contributed by atoms with Gasteiger partial charge in [0.05, 0.1) is 0 Å². The van der Waals surface area contributed by atoms with E-state index >= 15 is 0 Å². The van der Waals surface area contributed by atoms with Gasteiger partial charge >= 0.3 is 0 Å².